The van der Waals surface area contributed by atoms with E-state index >= 15 is 0 Å². The zero-order valence-corrected chi connectivity index (χ0v) is 24.1. The van der Waals surface area contributed by atoms with E-state index in [1.807, 2.05) is 30.3 Å². The van der Waals surface area contributed by atoms with E-state index in [0.29, 0.717) is 60.1 Å². The number of pyridine rings is 1. The average Bonchev–Trinajstić information content (AvgIpc) is 3.66. The summed E-state index contributed by atoms with van der Waals surface area (Å²) in [6, 6.07) is 20.1. The van der Waals surface area contributed by atoms with Gasteiger partial charge in [-0.1, -0.05) is 48.0 Å². The van der Waals surface area contributed by atoms with Crippen LogP contribution in [0, 0.1) is 23.1 Å². The molecule has 2 aliphatic rings. The molecule has 43 heavy (non-hydrogen) atoms. The Kier molecular flexibility index (Phi) is 8.28. The molecule has 0 spiro atoms. The Morgan fingerprint density at radius 1 is 1.09 bits per heavy atom. The second kappa shape index (κ2) is 12.4. The van der Waals surface area contributed by atoms with E-state index in [0.717, 1.165) is 34.2 Å². The Morgan fingerprint density at radius 2 is 1.93 bits per heavy atom. The Hall–Kier alpha value is -4.45. The van der Waals surface area contributed by atoms with Crippen LogP contribution in [0.1, 0.15) is 46.8 Å². The summed E-state index contributed by atoms with van der Waals surface area (Å²) in [5, 5.41) is 19.1. The van der Waals surface area contributed by atoms with Crippen LogP contribution in [0.5, 0.6) is 11.5 Å². The minimum Gasteiger partial charge on any atom is -0.488 e. The Labute approximate surface area is 254 Å². The Balaban J connectivity index is 1.28. The van der Waals surface area contributed by atoms with Crippen molar-refractivity contribution in [1.82, 2.24) is 9.88 Å². The summed E-state index contributed by atoms with van der Waals surface area (Å²) < 4.78 is 27.4. The highest BCUT2D eigenvalue weighted by Gasteiger charge is 2.30. The summed E-state index contributed by atoms with van der Waals surface area (Å²) in [5.41, 5.74) is 5.48. The van der Waals surface area contributed by atoms with Crippen molar-refractivity contribution in [3.8, 4) is 28.7 Å². The quantitative estimate of drug-likeness (QED) is 0.223. The van der Waals surface area contributed by atoms with Gasteiger partial charge in [0.1, 0.15) is 36.1 Å². The Morgan fingerprint density at radius 3 is 2.72 bits per heavy atom. The summed E-state index contributed by atoms with van der Waals surface area (Å²) >= 11 is 6.79. The number of nitriles is 1. The number of hydrogen-bond acceptors (Lipinski definition) is 6. The van der Waals surface area contributed by atoms with Crippen LogP contribution < -0.4 is 9.47 Å². The van der Waals surface area contributed by atoms with Crippen LogP contribution in [0.3, 0.4) is 0 Å². The van der Waals surface area contributed by atoms with E-state index in [-0.39, 0.29) is 18.5 Å². The maximum atomic E-state index is 14.7. The van der Waals surface area contributed by atoms with E-state index in [9.17, 15) is 19.6 Å². The van der Waals surface area contributed by atoms with Crippen molar-refractivity contribution in [2.75, 3.05) is 13.1 Å². The Bertz CT molecular complexity index is 1720. The van der Waals surface area contributed by atoms with Gasteiger partial charge in [-0.3, -0.25) is 14.7 Å². The lowest BCUT2D eigenvalue weighted by Gasteiger charge is -2.22. The molecule has 1 aromatic heterocycles. The van der Waals surface area contributed by atoms with Crippen molar-refractivity contribution < 1.29 is 23.8 Å². The SMILES string of the molecule is N#Cc1cncc(COc2cc(O[C@H]3CCc4c(-c5ccccc5F)cccc43)c(Cl)cc2CN2CC[C@@H](C(=O)O)C2)c1. The first kappa shape index (κ1) is 28.7. The van der Waals surface area contributed by atoms with Crippen molar-refractivity contribution >= 4 is 17.6 Å². The summed E-state index contributed by atoms with van der Waals surface area (Å²) in [6.45, 7) is 1.74. The number of aliphatic carboxylic acids is 1. The van der Waals surface area contributed by atoms with Crippen LogP contribution in [0.25, 0.3) is 11.1 Å². The molecule has 1 N–H and O–H groups in total. The molecule has 4 aromatic rings. The summed E-state index contributed by atoms with van der Waals surface area (Å²) in [5.74, 6) is -0.439. The fourth-order valence-electron chi connectivity index (χ4n) is 5.96. The maximum absolute atomic E-state index is 14.7. The second-order valence-corrected chi connectivity index (χ2v) is 11.3. The molecule has 0 amide bonds. The maximum Gasteiger partial charge on any atom is 0.307 e. The smallest absolute Gasteiger partial charge is 0.307 e. The van der Waals surface area contributed by atoms with Gasteiger partial charge in [-0.2, -0.15) is 5.26 Å². The molecule has 2 atom stereocenters. The van der Waals surface area contributed by atoms with E-state index < -0.39 is 11.9 Å². The summed E-state index contributed by atoms with van der Waals surface area (Å²) in [7, 11) is 0. The number of carboxylic acids is 1. The third-order valence-corrected chi connectivity index (χ3v) is 8.39. The summed E-state index contributed by atoms with van der Waals surface area (Å²) in [6.07, 6.45) is 4.91. The largest absolute Gasteiger partial charge is 0.488 e. The lowest BCUT2D eigenvalue weighted by Crippen LogP contribution is -2.23. The lowest BCUT2D eigenvalue weighted by atomic mass is 9.96. The van der Waals surface area contributed by atoms with Gasteiger partial charge in [0.15, 0.2) is 0 Å². The molecular formula is C34H29ClFN3O4. The van der Waals surface area contributed by atoms with Gasteiger partial charge in [0.2, 0.25) is 0 Å². The number of nitrogens with zero attached hydrogens (tertiary/aromatic N) is 3. The normalized spacial score (nSPS) is 17.8. The molecular weight excluding hydrogens is 569 g/mol. The monoisotopic (exact) mass is 597 g/mol. The van der Waals surface area contributed by atoms with Gasteiger partial charge >= 0.3 is 5.97 Å². The zero-order valence-electron chi connectivity index (χ0n) is 23.3. The number of aromatic nitrogens is 1. The average molecular weight is 598 g/mol. The molecule has 1 aliphatic heterocycles. The molecule has 0 saturated carbocycles. The third kappa shape index (κ3) is 6.19. The van der Waals surface area contributed by atoms with Crippen molar-refractivity contribution in [3.63, 3.8) is 0 Å². The molecule has 0 bridgehead atoms. The highest BCUT2D eigenvalue weighted by Crippen LogP contribution is 2.43. The van der Waals surface area contributed by atoms with Gasteiger partial charge in [-0.15, -0.1) is 0 Å². The van der Waals surface area contributed by atoms with Gasteiger partial charge in [0, 0.05) is 48.2 Å². The van der Waals surface area contributed by atoms with Crippen LogP contribution in [-0.4, -0.2) is 34.0 Å². The van der Waals surface area contributed by atoms with E-state index in [1.54, 1.807) is 30.5 Å². The van der Waals surface area contributed by atoms with Gasteiger partial charge in [-0.25, -0.2) is 4.39 Å². The molecule has 3 aromatic carbocycles. The van der Waals surface area contributed by atoms with Gasteiger partial charge in [0.25, 0.3) is 0 Å². The molecule has 2 heterocycles. The van der Waals surface area contributed by atoms with Gasteiger partial charge in [0.05, 0.1) is 16.5 Å². The predicted octanol–water partition coefficient (Wildman–Crippen LogP) is 6.96. The predicted molar refractivity (Wildman–Crippen MR) is 159 cm³/mol. The number of likely N-dealkylation sites (tertiary alicyclic amines) is 1. The van der Waals surface area contributed by atoms with Crippen LogP contribution in [0.15, 0.2) is 73.1 Å². The number of hydrogen-bond donors (Lipinski definition) is 1. The molecule has 7 nitrogen and oxygen atoms in total. The standard InChI is InChI=1S/C34H29ClFN3O4/c35-29-13-24(19-39-11-10-23(18-39)34(40)41)32(42-20-22-12-21(15-37)16-38-17-22)14-33(29)43-31-9-8-26-25(5-3-6-28(26)31)27-4-1-2-7-30(27)36/h1-7,12-14,16-17,23,31H,8-11,18-20H2,(H,40,41)/t23-,31+/m1/s1. The van der Waals surface area contributed by atoms with Crippen LogP contribution in [0.4, 0.5) is 4.39 Å². The molecule has 0 unspecified atom stereocenters. The fourth-order valence-corrected chi connectivity index (χ4v) is 6.19. The number of halogens is 2. The molecule has 6 rings (SSSR count). The number of rotatable bonds is 9. The van der Waals surface area contributed by atoms with Crippen LogP contribution >= 0.6 is 11.6 Å². The minimum atomic E-state index is -0.791. The second-order valence-electron chi connectivity index (χ2n) is 10.9. The first-order chi connectivity index (χ1) is 20.9. The van der Waals surface area contributed by atoms with Gasteiger partial charge < -0.3 is 14.6 Å². The topological polar surface area (TPSA) is 95.7 Å². The van der Waals surface area contributed by atoms with E-state index in [1.165, 1.54) is 12.3 Å². The minimum absolute atomic E-state index is 0.173. The van der Waals surface area contributed by atoms with E-state index in [4.69, 9.17) is 21.1 Å². The van der Waals surface area contributed by atoms with Crippen LogP contribution in [-0.2, 0) is 24.4 Å². The highest BCUT2D eigenvalue weighted by atomic mass is 35.5. The fraction of sp³-hybridized carbons (Fsp3) is 0.265. The van der Waals surface area contributed by atoms with Crippen molar-refractivity contribution in [1.29, 1.82) is 5.26 Å². The van der Waals surface area contributed by atoms with Crippen LogP contribution in [0.2, 0.25) is 5.02 Å². The lowest BCUT2D eigenvalue weighted by molar-refractivity contribution is -0.141. The van der Waals surface area contributed by atoms with Gasteiger partial charge in [-0.05, 0) is 60.7 Å². The first-order valence-electron chi connectivity index (χ1n) is 14.2. The molecule has 0 radical (unpaired) electrons. The molecule has 218 valence electrons. The number of carbonyl (C=O) groups is 1. The molecule has 9 heteroatoms. The molecule has 1 fully saturated rings. The van der Waals surface area contributed by atoms with Crippen molar-refractivity contribution in [3.05, 3.63) is 112 Å². The third-order valence-electron chi connectivity index (χ3n) is 8.10. The van der Waals surface area contributed by atoms with Crippen molar-refractivity contribution in [2.45, 2.75) is 38.5 Å². The molecule has 1 saturated heterocycles. The zero-order chi connectivity index (χ0) is 29.9. The van der Waals surface area contributed by atoms with Crippen molar-refractivity contribution in [2.24, 2.45) is 5.92 Å². The highest BCUT2D eigenvalue weighted by molar-refractivity contribution is 6.32. The number of benzene rings is 3. The number of carboxylic acid groups (broad SMARTS) is 1. The number of fused-ring (bicyclic) bond motifs is 1. The first-order valence-corrected chi connectivity index (χ1v) is 14.5. The van der Waals surface area contributed by atoms with E-state index in [2.05, 4.69) is 16.0 Å². The number of ether oxygens (including phenoxy) is 2. The molecule has 1 aliphatic carbocycles. The summed E-state index contributed by atoms with van der Waals surface area (Å²) in [4.78, 5) is 17.7.